The Balaban J connectivity index is 1.25. The molecular formula is C29H29N5O3S. The molecule has 0 bridgehead atoms. The van der Waals surface area contributed by atoms with Crippen molar-refractivity contribution in [2.45, 2.75) is 43.8 Å². The standard InChI is InChI=1S/C29H29N5O3S/c1-18-8-3-5-11-23(18)34-28(19-9-7-13-30-16-19)32-33-29(34)38-17-27(35)31-22-15-25-21(14-26(22)36-2)20-10-4-6-12-24(20)37-25/h4,6-7,9-10,12-16,18,23H,3,5,8,11,17H2,1-2H3,(H,31,35)/t18-,23+/m0/s1. The van der Waals surface area contributed by atoms with Crippen LogP contribution in [0.2, 0.25) is 0 Å². The van der Waals surface area contributed by atoms with Gasteiger partial charge in [-0.15, -0.1) is 10.2 Å². The van der Waals surface area contributed by atoms with Crippen molar-refractivity contribution >= 4 is 45.3 Å². The van der Waals surface area contributed by atoms with Crippen LogP contribution in [0.4, 0.5) is 5.69 Å². The number of carbonyl (C=O) groups is 1. The van der Waals surface area contributed by atoms with Gasteiger partial charge in [0, 0.05) is 40.8 Å². The van der Waals surface area contributed by atoms with Gasteiger partial charge in [-0.05, 0) is 43.0 Å². The lowest BCUT2D eigenvalue weighted by molar-refractivity contribution is -0.113. The Kier molecular flexibility index (Phi) is 6.76. The van der Waals surface area contributed by atoms with Crippen LogP contribution in [0.3, 0.4) is 0 Å². The third-order valence-corrected chi connectivity index (χ3v) is 8.23. The summed E-state index contributed by atoms with van der Waals surface area (Å²) >= 11 is 1.40. The van der Waals surface area contributed by atoms with Gasteiger partial charge in [0.05, 0.1) is 18.6 Å². The number of rotatable bonds is 7. The molecule has 2 aromatic carbocycles. The third-order valence-electron chi connectivity index (χ3n) is 7.29. The first-order chi connectivity index (χ1) is 18.6. The predicted molar refractivity (Wildman–Crippen MR) is 150 cm³/mol. The zero-order chi connectivity index (χ0) is 26.1. The van der Waals surface area contributed by atoms with Crippen LogP contribution in [-0.2, 0) is 4.79 Å². The molecule has 1 amide bonds. The van der Waals surface area contributed by atoms with E-state index in [0.717, 1.165) is 39.3 Å². The largest absolute Gasteiger partial charge is 0.495 e. The second-order valence-corrected chi connectivity index (χ2v) is 10.7. The number of hydrogen-bond acceptors (Lipinski definition) is 7. The zero-order valence-electron chi connectivity index (χ0n) is 21.4. The highest BCUT2D eigenvalue weighted by Crippen LogP contribution is 2.39. The van der Waals surface area contributed by atoms with E-state index in [-0.39, 0.29) is 17.7 Å². The maximum Gasteiger partial charge on any atom is 0.234 e. The van der Waals surface area contributed by atoms with Gasteiger partial charge >= 0.3 is 0 Å². The lowest BCUT2D eigenvalue weighted by atomic mass is 9.85. The van der Waals surface area contributed by atoms with Crippen LogP contribution in [0.15, 0.2) is 70.5 Å². The number of nitrogens with one attached hydrogen (secondary N) is 1. The first kappa shape index (κ1) is 24.5. The van der Waals surface area contributed by atoms with Gasteiger partial charge in [-0.25, -0.2) is 0 Å². The molecular weight excluding hydrogens is 498 g/mol. The minimum Gasteiger partial charge on any atom is -0.495 e. The Bertz CT molecular complexity index is 1600. The number of fused-ring (bicyclic) bond motifs is 3. The van der Waals surface area contributed by atoms with E-state index in [1.807, 2.05) is 54.7 Å². The summed E-state index contributed by atoms with van der Waals surface area (Å²) in [6.07, 6.45) is 8.23. The lowest BCUT2D eigenvalue weighted by Gasteiger charge is -2.31. The molecule has 8 nitrogen and oxygen atoms in total. The van der Waals surface area contributed by atoms with E-state index in [1.165, 1.54) is 31.0 Å². The van der Waals surface area contributed by atoms with Gasteiger partial charge in [-0.3, -0.25) is 14.3 Å². The third kappa shape index (κ3) is 4.62. The van der Waals surface area contributed by atoms with Crippen molar-refractivity contribution in [3.8, 4) is 17.1 Å². The van der Waals surface area contributed by atoms with Crippen LogP contribution in [0.1, 0.15) is 38.6 Å². The van der Waals surface area contributed by atoms with E-state index in [2.05, 4.69) is 32.0 Å². The highest BCUT2D eigenvalue weighted by atomic mass is 32.2. The molecule has 0 spiro atoms. The lowest BCUT2D eigenvalue weighted by Crippen LogP contribution is -2.23. The number of pyridine rings is 1. The van der Waals surface area contributed by atoms with E-state index >= 15 is 0 Å². The number of carbonyl (C=O) groups excluding carboxylic acids is 1. The summed E-state index contributed by atoms with van der Waals surface area (Å²) in [5, 5.41) is 14.7. The molecule has 2 atom stereocenters. The van der Waals surface area contributed by atoms with Gasteiger partial charge in [0.15, 0.2) is 11.0 Å². The molecule has 1 fully saturated rings. The van der Waals surface area contributed by atoms with Crippen LogP contribution >= 0.6 is 11.8 Å². The van der Waals surface area contributed by atoms with Crippen LogP contribution in [0.5, 0.6) is 5.75 Å². The Morgan fingerprint density at radius 1 is 1.11 bits per heavy atom. The van der Waals surface area contributed by atoms with E-state index in [0.29, 0.717) is 22.9 Å². The van der Waals surface area contributed by atoms with Gasteiger partial charge in [0.1, 0.15) is 16.9 Å². The number of para-hydroxylation sites is 1. The van der Waals surface area contributed by atoms with E-state index in [9.17, 15) is 4.79 Å². The van der Waals surface area contributed by atoms with Crippen molar-refractivity contribution in [1.29, 1.82) is 0 Å². The molecule has 1 N–H and O–H groups in total. The van der Waals surface area contributed by atoms with Crippen LogP contribution in [0, 0.1) is 5.92 Å². The van der Waals surface area contributed by atoms with Crippen molar-refractivity contribution in [3.63, 3.8) is 0 Å². The predicted octanol–water partition coefficient (Wildman–Crippen LogP) is 6.73. The molecule has 0 saturated heterocycles. The van der Waals surface area contributed by atoms with Crippen LogP contribution in [-0.4, -0.2) is 38.5 Å². The van der Waals surface area contributed by atoms with Gasteiger partial charge in [-0.2, -0.15) is 0 Å². The van der Waals surface area contributed by atoms with E-state index < -0.39 is 0 Å². The molecule has 38 heavy (non-hydrogen) atoms. The Morgan fingerprint density at radius 2 is 1.97 bits per heavy atom. The molecule has 1 aliphatic rings. The fraction of sp³-hybridized carbons (Fsp3) is 0.310. The highest BCUT2D eigenvalue weighted by molar-refractivity contribution is 7.99. The maximum atomic E-state index is 13.1. The number of nitrogens with zero attached hydrogens (tertiary/aromatic N) is 4. The highest BCUT2D eigenvalue weighted by Gasteiger charge is 2.29. The molecule has 3 aromatic heterocycles. The monoisotopic (exact) mass is 527 g/mol. The first-order valence-corrected chi connectivity index (χ1v) is 13.9. The number of amides is 1. The summed E-state index contributed by atoms with van der Waals surface area (Å²) in [7, 11) is 1.60. The average molecular weight is 528 g/mol. The average Bonchev–Trinajstić information content (AvgIpc) is 3.53. The minimum absolute atomic E-state index is 0.155. The van der Waals surface area contributed by atoms with Crippen molar-refractivity contribution < 1.29 is 13.9 Å². The van der Waals surface area contributed by atoms with Crippen molar-refractivity contribution in [2.75, 3.05) is 18.2 Å². The molecule has 1 aliphatic carbocycles. The molecule has 0 aliphatic heterocycles. The van der Waals surface area contributed by atoms with Gasteiger partial charge < -0.3 is 14.5 Å². The second kappa shape index (κ2) is 10.5. The number of hydrogen-bond donors (Lipinski definition) is 1. The van der Waals surface area contributed by atoms with Crippen LogP contribution < -0.4 is 10.1 Å². The number of aromatic nitrogens is 4. The van der Waals surface area contributed by atoms with Crippen molar-refractivity contribution in [3.05, 3.63) is 60.9 Å². The molecule has 3 heterocycles. The number of ether oxygens (including phenoxy) is 1. The summed E-state index contributed by atoms with van der Waals surface area (Å²) in [6, 6.07) is 15.8. The fourth-order valence-corrected chi connectivity index (χ4v) is 6.17. The normalized spacial score (nSPS) is 17.6. The van der Waals surface area contributed by atoms with Crippen LogP contribution in [0.25, 0.3) is 33.3 Å². The quantitative estimate of drug-likeness (QED) is 0.234. The summed E-state index contributed by atoms with van der Waals surface area (Å²) in [4.78, 5) is 17.4. The number of thioether (sulfide) groups is 1. The SMILES string of the molecule is COc1cc2c(cc1NC(=O)CSc1nnc(-c3cccnc3)n1[C@@H]1CCCC[C@@H]1C)oc1ccccc12. The number of benzene rings is 2. The van der Waals surface area contributed by atoms with E-state index in [4.69, 9.17) is 9.15 Å². The maximum absolute atomic E-state index is 13.1. The number of anilines is 1. The van der Waals surface area contributed by atoms with Gasteiger partial charge in [0.2, 0.25) is 5.91 Å². The van der Waals surface area contributed by atoms with Gasteiger partial charge in [-0.1, -0.05) is 49.7 Å². The molecule has 1 saturated carbocycles. The summed E-state index contributed by atoms with van der Waals surface area (Å²) in [6.45, 7) is 2.29. The molecule has 6 rings (SSSR count). The summed E-state index contributed by atoms with van der Waals surface area (Å²) < 4.78 is 13.8. The van der Waals surface area contributed by atoms with Crippen molar-refractivity contribution in [2.24, 2.45) is 5.92 Å². The summed E-state index contributed by atoms with van der Waals surface area (Å²) in [5.74, 6) is 1.92. The summed E-state index contributed by atoms with van der Waals surface area (Å²) in [5.41, 5.74) is 2.99. The smallest absolute Gasteiger partial charge is 0.234 e. The molecule has 0 unspecified atom stereocenters. The fourth-order valence-electron chi connectivity index (χ4n) is 5.38. The Labute approximate surface area is 224 Å². The molecule has 0 radical (unpaired) electrons. The zero-order valence-corrected chi connectivity index (χ0v) is 22.2. The minimum atomic E-state index is -0.155. The molecule has 9 heteroatoms. The molecule has 194 valence electrons. The molecule has 5 aromatic rings. The number of furan rings is 1. The number of methoxy groups -OCH3 is 1. The Hall–Kier alpha value is -3.85. The second-order valence-electron chi connectivity index (χ2n) is 9.73. The van der Waals surface area contributed by atoms with E-state index in [1.54, 1.807) is 13.3 Å². The first-order valence-electron chi connectivity index (χ1n) is 12.9. The Morgan fingerprint density at radius 3 is 2.79 bits per heavy atom. The van der Waals surface area contributed by atoms with Crippen molar-refractivity contribution in [1.82, 2.24) is 19.7 Å². The van der Waals surface area contributed by atoms with Gasteiger partial charge in [0.25, 0.3) is 0 Å². The topological polar surface area (TPSA) is 95.1 Å².